The van der Waals surface area contributed by atoms with Crippen LogP contribution in [0.5, 0.6) is 0 Å². The van der Waals surface area contributed by atoms with Gasteiger partial charge in [0.1, 0.15) is 0 Å². The normalized spacial score (nSPS) is 11.3. The highest BCUT2D eigenvalue weighted by atomic mass is 14.0. The van der Waals surface area contributed by atoms with Gasteiger partial charge < -0.3 is 0 Å². The van der Waals surface area contributed by atoms with Crippen LogP contribution in [0.1, 0.15) is 122 Å². The van der Waals surface area contributed by atoms with Crippen LogP contribution in [0.3, 0.4) is 0 Å². The second kappa shape index (κ2) is 21.5. The number of hydrogen-bond acceptors (Lipinski definition) is 0. The van der Waals surface area contributed by atoms with Gasteiger partial charge in [0.25, 0.3) is 0 Å². The molecule has 0 N–H and O–H groups in total. The van der Waals surface area contributed by atoms with Crippen molar-refractivity contribution in [1.82, 2.24) is 0 Å². The molecule has 0 aliphatic heterocycles. The maximum atomic E-state index is 3.77. The van der Waals surface area contributed by atoms with Crippen molar-refractivity contribution < 1.29 is 0 Å². The second-order valence-corrected chi connectivity index (χ2v) is 7.08. The van der Waals surface area contributed by atoms with E-state index in [0.717, 1.165) is 0 Å². The van der Waals surface area contributed by atoms with E-state index in [1.807, 2.05) is 6.08 Å². The molecule has 0 heterocycles. The smallest absolute Gasteiger partial charge is 0.0351 e. The van der Waals surface area contributed by atoms with Crippen LogP contribution in [0.2, 0.25) is 0 Å². The van der Waals surface area contributed by atoms with Crippen LogP contribution in [0, 0.1) is 0 Å². The Labute approximate surface area is 147 Å². The minimum absolute atomic E-state index is 1.20. The van der Waals surface area contributed by atoms with Gasteiger partial charge in [-0.05, 0) is 38.5 Å². The second-order valence-electron chi connectivity index (χ2n) is 7.08. The molecule has 0 radical (unpaired) electrons. The first kappa shape index (κ1) is 22.5. The van der Waals surface area contributed by atoms with Crippen molar-refractivity contribution in [2.45, 2.75) is 122 Å². The van der Waals surface area contributed by atoms with Crippen LogP contribution in [-0.2, 0) is 0 Å². The molecule has 0 unspecified atom stereocenters. The van der Waals surface area contributed by atoms with Crippen LogP contribution >= 0.6 is 0 Å². The molecule has 0 aromatic carbocycles. The first-order valence-corrected chi connectivity index (χ1v) is 10.7. The molecule has 0 saturated carbocycles. The van der Waals surface area contributed by atoms with Crippen molar-refractivity contribution >= 4 is 0 Å². The Kier molecular flexibility index (Phi) is 21.0. The quantitative estimate of drug-likeness (QED) is 0.165. The predicted molar refractivity (Wildman–Crippen MR) is 108 cm³/mol. The van der Waals surface area contributed by atoms with Gasteiger partial charge in [0.2, 0.25) is 0 Å². The number of rotatable bonds is 19. The van der Waals surface area contributed by atoms with Crippen LogP contribution in [0.4, 0.5) is 0 Å². The lowest BCUT2D eigenvalue weighted by molar-refractivity contribution is 0.561. The summed E-state index contributed by atoms with van der Waals surface area (Å²) in [7, 11) is 0. The number of hydrogen-bond donors (Lipinski definition) is 0. The van der Waals surface area contributed by atoms with Crippen molar-refractivity contribution in [3.63, 3.8) is 0 Å². The third-order valence-corrected chi connectivity index (χ3v) is 4.67. The number of allylic oxidation sites excluding steroid dienone is 3. The lowest BCUT2D eigenvalue weighted by Gasteiger charge is -2.01. The SMILES string of the molecule is C=CCCCCCCCCCCCC=CCCCCCCCC. The maximum absolute atomic E-state index is 3.77. The van der Waals surface area contributed by atoms with Gasteiger partial charge in [0.15, 0.2) is 0 Å². The summed E-state index contributed by atoms with van der Waals surface area (Å²) in [5, 5.41) is 0. The van der Waals surface area contributed by atoms with Gasteiger partial charge in [-0.2, -0.15) is 0 Å². The summed E-state index contributed by atoms with van der Waals surface area (Å²) in [6.45, 7) is 6.06. The highest BCUT2D eigenvalue weighted by Gasteiger charge is 1.92. The number of unbranched alkanes of at least 4 members (excludes halogenated alkanes) is 16. The summed E-state index contributed by atoms with van der Waals surface area (Å²) in [5.74, 6) is 0. The summed E-state index contributed by atoms with van der Waals surface area (Å²) in [6.07, 6.45) is 31.9. The van der Waals surface area contributed by atoms with Gasteiger partial charge in [-0.25, -0.2) is 0 Å². The summed E-state index contributed by atoms with van der Waals surface area (Å²) >= 11 is 0. The summed E-state index contributed by atoms with van der Waals surface area (Å²) in [6, 6.07) is 0. The zero-order valence-electron chi connectivity index (χ0n) is 16.2. The van der Waals surface area contributed by atoms with Gasteiger partial charge in [0.05, 0.1) is 0 Å². The highest BCUT2D eigenvalue weighted by molar-refractivity contribution is 4.81. The molecule has 0 saturated heterocycles. The Balaban J connectivity index is 3.03. The van der Waals surface area contributed by atoms with Crippen LogP contribution in [0.25, 0.3) is 0 Å². The average molecular weight is 321 g/mol. The molecular formula is C23H44. The molecule has 0 nitrogen and oxygen atoms in total. The van der Waals surface area contributed by atoms with E-state index in [4.69, 9.17) is 0 Å². The Morgan fingerprint density at radius 2 is 0.826 bits per heavy atom. The topological polar surface area (TPSA) is 0 Å². The van der Waals surface area contributed by atoms with Crippen LogP contribution in [-0.4, -0.2) is 0 Å². The molecule has 0 rings (SSSR count). The Bertz CT molecular complexity index is 238. The van der Waals surface area contributed by atoms with E-state index in [2.05, 4.69) is 25.7 Å². The molecule has 0 aromatic rings. The predicted octanol–water partition coefficient (Wildman–Crippen LogP) is 8.77. The molecular weight excluding hydrogens is 276 g/mol. The van der Waals surface area contributed by atoms with Gasteiger partial charge in [-0.15, -0.1) is 6.58 Å². The van der Waals surface area contributed by atoms with Gasteiger partial charge in [-0.1, -0.05) is 102 Å². The van der Waals surface area contributed by atoms with E-state index in [9.17, 15) is 0 Å². The van der Waals surface area contributed by atoms with Crippen molar-refractivity contribution in [2.75, 3.05) is 0 Å². The van der Waals surface area contributed by atoms with E-state index >= 15 is 0 Å². The molecule has 136 valence electrons. The zero-order chi connectivity index (χ0) is 16.8. The van der Waals surface area contributed by atoms with Gasteiger partial charge in [0, 0.05) is 0 Å². The van der Waals surface area contributed by atoms with E-state index in [-0.39, 0.29) is 0 Å². The lowest BCUT2D eigenvalue weighted by atomic mass is 10.1. The average Bonchev–Trinajstić information content (AvgIpc) is 2.57. The molecule has 0 spiro atoms. The third kappa shape index (κ3) is 21.5. The Morgan fingerprint density at radius 1 is 0.478 bits per heavy atom. The summed E-state index contributed by atoms with van der Waals surface area (Å²) < 4.78 is 0. The fourth-order valence-electron chi connectivity index (χ4n) is 3.07. The Hall–Kier alpha value is -0.520. The molecule has 0 atom stereocenters. The lowest BCUT2D eigenvalue weighted by Crippen LogP contribution is -1.81. The van der Waals surface area contributed by atoms with Crippen molar-refractivity contribution in [3.05, 3.63) is 24.8 Å². The molecule has 0 amide bonds. The first-order valence-electron chi connectivity index (χ1n) is 10.7. The van der Waals surface area contributed by atoms with Crippen molar-refractivity contribution in [3.8, 4) is 0 Å². The minimum Gasteiger partial charge on any atom is -0.103 e. The van der Waals surface area contributed by atoms with Gasteiger partial charge >= 0.3 is 0 Å². The zero-order valence-corrected chi connectivity index (χ0v) is 16.2. The highest BCUT2D eigenvalue weighted by Crippen LogP contribution is 2.12. The molecule has 0 aromatic heterocycles. The van der Waals surface area contributed by atoms with Crippen molar-refractivity contribution in [2.24, 2.45) is 0 Å². The van der Waals surface area contributed by atoms with Crippen LogP contribution in [0.15, 0.2) is 24.8 Å². The molecule has 0 fully saturated rings. The van der Waals surface area contributed by atoms with E-state index in [0.29, 0.717) is 0 Å². The molecule has 0 aliphatic rings. The molecule has 0 bridgehead atoms. The summed E-state index contributed by atoms with van der Waals surface area (Å²) in [5.41, 5.74) is 0. The third-order valence-electron chi connectivity index (χ3n) is 4.67. The molecule has 0 heteroatoms. The van der Waals surface area contributed by atoms with E-state index < -0.39 is 0 Å². The fourth-order valence-corrected chi connectivity index (χ4v) is 3.07. The van der Waals surface area contributed by atoms with Crippen LogP contribution < -0.4 is 0 Å². The molecule has 23 heavy (non-hydrogen) atoms. The monoisotopic (exact) mass is 320 g/mol. The minimum atomic E-state index is 1.20. The van der Waals surface area contributed by atoms with Gasteiger partial charge in [-0.3, -0.25) is 0 Å². The molecule has 0 aliphatic carbocycles. The largest absolute Gasteiger partial charge is 0.103 e. The van der Waals surface area contributed by atoms with Crippen molar-refractivity contribution in [1.29, 1.82) is 0 Å². The maximum Gasteiger partial charge on any atom is -0.0351 e. The van der Waals surface area contributed by atoms with E-state index in [1.165, 1.54) is 116 Å². The summed E-state index contributed by atoms with van der Waals surface area (Å²) in [4.78, 5) is 0. The Morgan fingerprint density at radius 3 is 1.22 bits per heavy atom. The van der Waals surface area contributed by atoms with E-state index in [1.54, 1.807) is 0 Å². The first-order chi connectivity index (χ1) is 11.4. The standard InChI is InChI=1S/C23H44/c1-3-5-7-9-11-13-15-17-19-21-23-22-20-18-16-14-12-10-8-6-4-2/h3,18,20H,1,4-17,19,21-23H2,2H3. The fraction of sp³-hybridized carbons (Fsp3) is 0.826.